The summed E-state index contributed by atoms with van der Waals surface area (Å²) in [5.41, 5.74) is -0.477. The molecule has 1 heterocycles. The average Bonchev–Trinajstić information content (AvgIpc) is 2.68. The van der Waals surface area contributed by atoms with Crippen LogP contribution in [0.4, 0.5) is 18.0 Å². The maximum absolute atomic E-state index is 12.7. The highest BCUT2D eigenvalue weighted by molar-refractivity contribution is 6.42. The normalized spacial score (nSPS) is 15.5. The predicted molar refractivity (Wildman–Crippen MR) is 109 cm³/mol. The highest BCUT2D eigenvalue weighted by Crippen LogP contribution is 2.24. The summed E-state index contributed by atoms with van der Waals surface area (Å²) in [4.78, 5) is 36.9. The van der Waals surface area contributed by atoms with E-state index in [0.717, 1.165) is 10.5 Å². The topological polar surface area (TPSA) is 90.5 Å². The number of rotatable bonds is 6. The molecule has 1 aromatic rings. The minimum absolute atomic E-state index is 0.269. The van der Waals surface area contributed by atoms with Gasteiger partial charge in [0.05, 0.1) is 21.4 Å². The van der Waals surface area contributed by atoms with Crippen molar-refractivity contribution in [1.29, 1.82) is 0 Å². The molecule has 168 valence electrons. The zero-order valence-corrected chi connectivity index (χ0v) is 18.0. The Labute approximate surface area is 186 Å². The van der Waals surface area contributed by atoms with Gasteiger partial charge in [-0.1, -0.05) is 35.8 Å². The van der Waals surface area contributed by atoms with E-state index in [-0.39, 0.29) is 5.70 Å². The summed E-state index contributed by atoms with van der Waals surface area (Å²) in [5.74, 6) is -3.17. The Bertz CT molecular complexity index is 963. The summed E-state index contributed by atoms with van der Waals surface area (Å²) in [6.07, 6.45) is -4.21. The van der Waals surface area contributed by atoms with E-state index in [2.05, 4.69) is 17.2 Å². The van der Waals surface area contributed by atoms with Crippen molar-refractivity contribution < 1.29 is 27.6 Å². The molecule has 0 unspecified atom stereocenters. The van der Waals surface area contributed by atoms with Gasteiger partial charge in [-0.05, 0) is 37.5 Å². The quantitative estimate of drug-likeness (QED) is 0.584. The summed E-state index contributed by atoms with van der Waals surface area (Å²) in [6.45, 7) is 5.16. The number of hydrogen-bond acceptors (Lipinski definition) is 3. The third-order valence-electron chi connectivity index (χ3n) is 4.43. The standard InChI is InChI=1S/C19H19Cl2F3N4O3/c1-9(4-5-11-6-7-12(20)13(21)8-11)25-16(29)15-14(26-17(30)19(22,23)24)10(2)28(3)18(31)27-15/h6-9H,2,4-5H2,1,3H3,(H,25,29)(H,26,30)(H,27,31)/t9-/m1/s1. The van der Waals surface area contributed by atoms with Crippen LogP contribution in [0.5, 0.6) is 0 Å². The first kappa shape index (κ1) is 24.5. The molecule has 1 atom stereocenters. The molecule has 0 radical (unpaired) electrons. The van der Waals surface area contributed by atoms with Gasteiger partial charge in [-0.25, -0.2) is 4.79 Å². The third-order valence-corrected chi connectivity index (χ3v) is 5.17. The van der Waals surface area contributed by atoms with Gasteiger partial charge < -0.3 is 16.0 Å². The van der Waals surface area contributed by atoms with E-state index in [1.807, 2.05) is 0 Å². The minimum Gasteiger partial charge on any atom is -0.348 e. The number of carbonyl (C=O) groups excluding carboxylic acids is 3. The number of nitrogens with zero attached hydrogens (tertiary/aromatic N) is 1. The highest BCUT2D eigenvalue weighted by Gasteiger charge is 2.41. The molecule has 0 saturated carbocycles. The Kier molecular flexibility index (Phi) is 7.61. The molecule has 0 saturated heterocycles. The molecular formula is C19H19Cl2F3N4O3. The van der Waals surface area contributed by atoms with E-state index < -0.39 is 41.5 Å². The molecule has 2 rings (SSSR count). The average molecular weight is 479 g/mol. The molecule has 1 aromatic carbocycles. The molecule has 1 aliphatic rings. The van der Waals surface area contributed by atoms with Crippen LogP contribution in [-0.4, -0.2) is 42.0 Å². The van der Waals surface area contributed by atoms with Crippen molar-refractivity contribution >= 4 is 41.0 Å². The van der Waals surface area contributed by atoms with Crippen molar-refractivity contribution in [3.05, 3.63) is 57.5 Å². The summed E-state index contributed by atoms with van der Waals surface area (Å²) in [5, 5.41) is 7.16. The zero-order chi connectivity index (χ0) is 23.5. The Balaban J connectivity index is 2.15. The zero-order valence-electron chi connectivity index (χ0n) is 16.5. The fraction of sp³-hybridized carbons (Fsp3) is 0.316. The lowest BCUT2D eigenvalue weighted by molar-refractivity contribution is -0.172. The van der Waals surface area contributed by atoms with Gasteiger partial charge >= 0.3 is 18.1 Å². The van der Waals surface area contributed by atoms with E-state index in [1.54, 1.807) is 30.4 Å². The second kappa shape index (κ2) is 9.61. The van der Waals surface area contributed by atoms with Crippen LogP contribution in [0.3, 0.4) is 0 Å². The fourth-order valence-electron chi connectivity index (χ4n) is 2.62. The lowest BCUT2D eigenvalue weighted by Gasteiger charge is -2.30. The van der Waals surface area contributed by atoms with Crippen LogP contribution in [-0.2, 0) is 16.0 Å². The van der Waals surface area contributed by atoms with E-state index in [4.69, 9.17) is 23.2 Å². The lowest BCUT2D eigenvalue weighted by atomic mass is 10.1. The molecular weight excluding hydrogens is 460 g/mol. The second-order valence-corrected chi connectivity index (χ2v) is 7.61. The maximum Gasteiger partial charge on any atom is 0.471 e. The summed E-state index contributed by atoms with van der Waals surface area (Å²) in [7, 11) is 1.23. The molecule has 3 N–H and O–H groups in total. The number of benzene rings is 1. The number of alkyl halides is 3. The number of nitrogens with one attached hydrogen (secondary N) is 3. The predicted octanol–water partition coefficient (Wildman–Crippen LogP) is 3.49. The summed E-state index contributed by atoms with van der Waals surface area (Å²) < 4.78 is 38.0. The van der Waals surface area contributed by atoms with Gasteiger partial charge in [-0.15, -0.1) is 0 Å². The summed E-state index contributed by atoms with van der Waals surface area (Å²) >= 11 is 11.8. The minimum atomic E-state index is -5.19. The van der Waals surface area contributed by atoms with Crippen molar-refractivity contribution in [2.75, 3.05) is 7.05 Å². The molecule has 4 amide bonds. The molecule has 0 aromatic heterocycles. The van der Waals surface area contributed by atoms with Crippen LogP contribution in [0.25, 0.3) is 0 Å². The molecule has 0 spiro atoms. The van der Waals surface area contributed by atoms with E-state index >= 15 is 0 Å². The van der Waals surface area contributed by atoms with Gasteiger partial charge in [-0.3, -0.25) is 14.5 Å². The number of amides is 4. The van der Waals surface area contributed by atoms with Gasteiger partial charge in [0.25, 0.3) is 5.91 Å². The van der Waals surface area contributed by atoms with Crippen molar-refractivity contribution in [2.24, 2.45) is 0 Å². The first-order valence-electron chi connectivity index (χ1n) is 8.92. The van der Waals surface area contributed by atoms with Gasteiger partial charge in [0.1, 0.15) is 5.70 Å². The Morgan fingerprint density at radius 2 is 1.90 bits per heavy atom. The number of aryl methyl sites for hydroxylation is 1. The van der Waals surface area contributed by atoms with Crippen LogP contribution in [0, 0.1) is 0 Å². The number of halogens is 5. The number of urea groups is 1. The van der Waals surface area contributed by atoms with Gasteiger partial charge in [0.15, 0.2) is 0 Å². The van der Waals surface area contributed by atoms with Crippen molar-refractivity contribution in [2.45, 2.75) is 32.0 Å². The van der Waals surface area contributed by atoms with Crippen LogP contribution in [0.2, 0.25) is 10.0 Å². The van der Waals surface area contributed by atoms with Crippen LogP contribution >= 0.6 is 23.2 Å². The van der Waals surface area contributed by atoms with E-state index in [1.165, 1.54) is 7.05 Å². The first-order chi connectivity index (χ1) is 14.3. The van der Waals surface area contributed by atoms with Gasteiger partial charge in [0.2, 0.25) is 0 Å². The molecule has 12 heteroatoms. The third kappa shape index (κ3) is 6.14. The monoisotopic (exact) mass is 478 g/mol. The fourth-order valence-corrected chi connectivity index (χ4v) is 2.94. The van der Waals surface area contributed by atoms with Crippen LogP contribution in [0.15, 0.2) is 41.9 Å². The smallest absolute Gasteiger partial charge is 0.348 e. The first-order valence-corrected chi connectivity index (χ1v) is 9.68. The second-order valence-electron chi connectivity index (χ2n) is 6.80. The van der Waals surface area contributed by atoms with E-state index in [0.29, 0.717) is 22.9 Å². The lowest BCUT2D eigenvalue weighted by Crippen LogP contribution is -2.51. The number of carbonyl (C=O) groups is 3. The highest BCUT2D eigenvalue weighted by atomic mass is 35.5. The van der Waals surface area contributed by atoms with Gasteiger partial charge in [-0.2, -0.15) is 13.2 Å². The van der Waals surface area contributed by atoms with Gasteiger partial charge in [0, 0.05) is 13.1 Å². The van der Waals surface area contributed by atoms with Crippen LogP contribution in [0.1, 0.15) is 18.9 Å². The van der Waals surface area contributed by atoms with Crippen LogP contribution < -0.4 is 16.0 Å². The Hall–Kier alpha value is -2.72. The Morgan fingerprint density at radius 3 is 2.48 bits per heavy atom. The molecule has 0 bridgehead atoms. The Morgan fingerprint density at radius 1 is 1.26 bits per heavy atom. The number of hydrogen-bond donors (Lipinski definition) is 3. The summed E-state index contributed by atoms with van der Waals surface area (Å²) in [6, 6.07) is 3.88. The van der Waals surface area contributed by atoms with E-state index in [9.17, 15) is 27.6 Å². The molecule has 0 aliphatic carbocycles. The van der Waals surface area contributed by atoms with Crippen molar-refractivity contribution in [3.63, 3.8) is 0 Å². The molecule has 1 aliphatic heterocycles. The molecule has 0 fully saturated rings. The molecule has 7 nitrogen and oxygen atoms in total. The van der Waals surface area contributed by atoms with Crippen molar-refractivity contribution in [3.8, 4) is 0 Å². The van der Waals surface area contributed by atoms with Crippen molar-refractivity contribution in [1.82, 2.24) is 20.9 Å². The molecule has 31 heavy (non-hydrogen) atoms. The largest absolute Gasteiger partial charge is 0.471 e. The SMILES string of the molecule is C=C1C(NC(=O)C(F)(F)F)=C(C(=O)N[C@H](C)CCc2ccc(Cl)c(Cl)c2)NC(=O)N1C. The number of likely N-dealkylation sites (N-methyl/N-ethyl adjacent to an activating group) is 1. The maximum atomic E-state index is 12.7.